The topological polar surface area (TPSA) is 59.8 Å². The maximum Gasteiger partial charge on any atom is 0.310 e. The van der Waals surface area contributed by atoms with E-state index in [9.17, 15) is 9.59 Å². The van der Waals surface area contributed by atoms with Gasteiger partial charge in [-0.15, -0.1) is 0 Å². The van der Waals surface area contributed by atoms with Crippen LogP contribution in [0.25, 0.3) is 11.0 Å². The van der Waals surface area contributed by atoms with Gasteiger partial charge in [-0.25, -0.2) is 0 Å². The summed E-state index contributed by atoms with van der Waals surface area (Å²) in [6, 6.07) is 5.02. The average Bonchev–Trinajstić information content (AvgIpc) is 2.58. The molecule has 1 saturated heterocycles. The Labute approximate surface area is 145 Å². The number of hydrogen-bond donors (Lipinski definition) is 0. The number of hydrogen-bond acceptors (Lipinski definition) is 5. The number of esters is 1. The predicted molar refractivity (Wildman–Crippen MR) is 92.1 cm³/mol. The van der Waals surface area contributed by atoms with Crippen LogP contribution in [0.15, 0.2) is 33.7 Å². The van der Waals surface area contributed by atoms with E-state index in [1.54, 1.807) is 18.2 Å². The van der Waals surface area contributed by atoms with E-state index in [1.807, 2.05) is 6.92 Å². The summed E-state index contributed by atoms with van der Waals surface area (Å²) >= 11 is 5.98. The molecule has 0 amide bonds. The smallest absolute Gasteiger partial charge is 0.310 e. The van der Waals surface area contributed by atoms with E-state index in [0.29, 0.717) is 41.3 Å². The number of ether oxygens (including phenoxy) is 1. The van der Waals surface area contributed by atoms with Crippen molar-refractivity contribution in [1.29, 1.82) is 0 Å². The first kappa shape index (κ1) is 17.0. The highest BCUT2D eigenvalue weighted by atomic mass is 35.5. The number of piperidine rings is 1. The lowest BCUT2D eigenvalue weighted by Gasteiger charge is -2.31. The quantitative estimate of drug-likeness (QED) is 0.793. The fraction of sp³-hybridized carbons (Fsp3) is 0.444. The summed E-state index contributed by atoms with van der Waals surface area (Å²) in [6.07, 6.45) is 3.25. The Morgan fingerprint density at radius 1 is 1.46 bits per heavy atom. The monoisotopic (exact) mass is 349 g/mol. The zero-order chi connectivity index (χ0) is 17.1. The first-order chi connectivity index (χ1) is 11.6. The molecule has 0 unspecified atom stereocenters. The van der Waals surface area contributed by atoms with Gasteiger partial charge in [-0.1, -0.05) is 11.6 Å². The lowest BCUT2D eigenvalue weighted by molar-refractivity contribution is -0.150. The molecule has 1 aromatic carbocycles. The molecule has 3 rings (SSSR count). The Hall–Kier alpha value is -1.85. The Balaban J connectivity index is 1.78. The average molecular weight is 350 g/mol. The number of nitrogens with zero attached hydrogens (tertiary/aromatic N) is 1. The van der Waals surface area contributed by atoms with E-state index < -0.39 is 0 Å². The van der Waals surface area contributed by atoms with E-state index in [0.717, 1.165) is 19.4 Å². The first-order valence-electron chi connectivity index (χ1n) is 8.17. The molecule has 5 nitrogen and oxygen atoms in total. The van der Waals surface area contributed by atoms with Crippen LogP contribution in [0.3, 0.4) is 0 Å². The molecule has 0 radical (unpaired) electrons. The van der Waals surface area contributed by atoms with Crippen LogP contribution < -0.4 is 5.43 Å². The van der Waals surface area contributed by atoms with Crippen molar-refractivity contribution in [2.24, 2.45) is 5.92 Å². The van der Waals surface area contributed by atoms with Crippen molar-refractivity contribution in [3.8, 4) is 0 Å². The minimum absolute atomic E-state index is 0.0722. The molecule has 1 fully saturated rings. The number of halogens is 1. The van der Waals surface area contributed by atoms with Crippen LogP contribution in [0.5, 0.6) is 0 Å². The van der Waals surface area contributed by atoms with Crippen LogP contribution in [-0.4, -0.2) is 30.6 Å². The Kier molecular flexibility index (Phi) is 5.21. The zero-order valence-electron chi connectivity index (χ0n) is 13.6. The first-order valence-corrected chi connectivity index (χ1v) is 8.55. The molecule has 1 aromatic heterocycles. The van der Waals surface area contributed by atoms with Crippen LogP contribution in [0.2, 0.25) is 5.02 Å². The number of fused-ring (bicyclic) bond motifs is 1. The van der Waals surface area contributed by atoms with E-state index in [4.69, 9.17) is 20.8 Å². The second-order valence-electron chi connectivity index (χ2n) is 6.06. The molecule has 128 valence electrons. The second-order valence-corrected chi connectivity index (χ2v) is 6.49. The Bertz CT molecular complexity index is 801. The second kappa shape index (κ2) is 7.36. The molecule has 2 aromatic rings. The summed E-state index contributed by atoms with van der Waals surface area (Å²) < 4.78 is 10.7. The minimum atomic E-state index is -0.153. The van der Waals surface area contributed by atoms with Crippen LogP contribution in [0, 0.1) is 5.92 Å². The van der Waals surface area contributed by atoms with Gasteiger partial charge >= 0.3 is 5.97 Å². The van der Waals surface area contributed by atoms with Crippen LogP contribution in [0.1, 0.15) is 25.3 Å². The number of likely N-dealkylation sites (tertiary alicyclic amines) is 1. The molecule has 1 aliphatic rings. The van der Waals surface area contributed by atoms with Crippen molar-refractivity contribution >= 4 is 28.5 Å². The fourth-order valence-electron chi connectivity index (χ4n) is 3.15. The van der Waals surface area contributed by atoms with Gasteiger partial charge < -0.3 is 9.15 Å². The molecule has 0 bridgehead atoms. The summed E-state index contributed by atoms with van der Waals surface area (Å²) in [7, 11) is 0. The highest BCUT2D eigenvalue weighted by molar-refractivity contribution is 6.31. The van der Waals surface area contributed by atoms with Crippen molar-refractivity contribution in [2.45, 2.75) is 26.3 Å². The van der Waals surface area contributed by atoms with Gasteiger partial charge in [0, 0.05) is 23.7 Å². The molecule has 0 aliphatic carbocycles. The van der Waals surface area contributed by atoms with Crippen LogP contribution >= 0.6 is 11.6 Å². The van der Waals surface area contributed by atoms with E-state index in [1.165, 1.54) is 6.26 Å². The molecule has 6 heteroatoms. The van der Waals surface area contributed by atoms with Crippen molar-refractivity contribution in [1.82, 2.24) is 4.90 Å². The maximum atomic E-state index is 12.6. The van der Waals surface area contributed by atoms with E-state index in [2.05, 4.69) is 4.90 Å². The van der Waals surface area contributed by atoms with Gasteiger partial charge in [0.15, 0.2) is 5.43 Å². The normalized spacial score (nSPS) is 18.7. The molecule has 0 spiro atoms. The molecule has 24 heavy (non-hydrogen) atoms. The number of benzene rings is 1. The molecule has 1 aliphatic heterocycles. The molecule has 1 atom stereocenters. The van der Waals surface area contributed by atoms with Crippen LogP contribution in [-0.2, 0) is 16.1 Å². The van der Waals surface area contributed by atoms with Crippen molar-refractivity contribution in [2.75, 3.05) is 19.7 Å². The Morgan fingerprint density at radius 2 is 2.29 bits per heavy atom. The third-order valence-electron chi connectivity index (χ3n) is 4.33. The van der Waals surface area contributed by atoms with Gasteiger partial charge in [0.2, 0.25) is 0 Å². The molecule has 2 heterocycles. The lowest BCUT2D eigenvalue weighted by atomic mass is 9.98. The third-order valence-corrected chi connectivity index (χ3v) is 4.56. The predicted octanol–water partition coefficient (Wildman–Crippen LogP) is 3.22. The van der Waals surface area contributed by atoms with Gasteiger partial charge in [-0.2, -0.15) is 0 Å². The highest BCUT2D eigenvalue weighted by Gasteiger charge is 2.27. The number of carbonyl (C=O) groups is 1. The molecule has 0 N–H and O–H groups in total. The maximum absolute atomic E-state index is 12.6. The fourth-order valence-corrected chi connectivity index (χ4v) is 3.32. The van der Waals surface area contributed by atoms with E-state index >= 15 is 0 Å². The summed E-state index contributed by atoms with van der Waals surface area (Å²) in [6.45, 7) is 4.11. The molecular formula is C18H20ClNO4. The van der Waals surface area contributed by atoms with Crippen molar-refractivity contribution in [3.63, 3.8) is 0 Å². The molecular weight excluding hydrogens is 330 g/mol. The number of rotatable bonds is 4. The van der Waals surface area contributed by atoms with Gasteiger partial charge in [0.05, 0.1) is 24.2 Å². The van der Waals surface area contributed by atoms with Crippen LogP contribution in [0.4, 0.5) is 0 Å². The SMILES string of the molecule is CCOC(=O)[C@H]1CCCN(Cc2coc3ccc(Cl)cc3c2=O)C1. The van der Waals surface area contributed by atoms with Gasteiger partial charge in [-0.05, 0) is 44.5 Å². The standard InChI is InChI=1S/C18H20ClNO4/c1-2-23-18(22)12-4-3-7-20(9-12)10-13-11-24-16-6-5-14(19)8-15(16)17(13)21/h5-6,8,11-12H,2-4,7,9-10H2,1H3/t12-/m0/s1. The number of carbonyl (C=O) groups excluding carboxylic acids is 1. The summed E-state index contributed by atoms with van der Waals surface area (Å²) in [5.74, 6) is -0.278. The zero-order valence-corrected chi connectivity index (χ0v) is 14.3. The van der Waals surface area contributed by atoms with Gasteiger partial charge in [0.1, 0.15) is 5.58 Å². The molecule has 0 saturated carbocycles. The summed E-state index contributed by atoms with van der Waals surface area (Å²) in [5.41, 5.74) is 1.03. The largest absolute Gasteiger partial charge is 0.466 e. The summed E-state index contributed by atoms with van der Waals surface area (Å²) in [4.78, 5) is 26.7. The van der Waals surface area contributed by atoms with Gasteiger partial charge in [-0.3, -0.25) is 14.5 Å². The van der Waals surface area contributed by atoms with E-state index in [-0.39, 0.29) is 17.3 Å². The van der Waals surface area contributed by atoms with Crippen molar-refractivity contribution < 1.29 is 13.9 Å². The third kappa shape index (κ3) is 3.62. The lowest BCUT2D eigenvalue weighted by Crippen LogP contribution is -2.39. The van der Waals surface area contributed by atoms with Crippen molar-refractivity contribution in [3.05, 3.63) is 45.3 Å². The minimum Gasteiger partial charge on any atom is -0.466 e. The highest BCUT2D eigenvalue weighted by Crippen LogP contribution is 2.21. The Morgan fingerprint density at radius 3 is 3.08 bits per heavy atom. The summed E-state index contributed by atoms with van der Waals surface area (Å²) in [5, 5.41) is 0.992. The van der Waals surface area contributed by atoms with Gasteiger partial charge in [0.25, 0.3) is 0 Å².